The summed E-state index contributed by atoms with van der Waals surface area (Å²) in [4.78, 5) is 22.7. The van der Waals surface area contributed by atoms with Crippen molar-refractivity contribution in [3.8, 4) is 0 Å². The van der Waals surface area contributed by atoms with Crippen LogP contribution in [-0.4, -0.2) is 36.1 Å². The molecule has 1 atom stereocenters. The van der Waals surface area contributed by atoms with E-state index >= 15 is 0 Å². The van der Waals surface area contributed by atoms with Crippen molar-refractivity contribution in [2.75, 3.05) is 7.05 Å². The topological polar surface area (TPSA) is 78.4 Å². The number of carbonyl (C=O) groups excluding carboxylic acids is 2. The third-order valence-electron chi connectivity index (χ3n) is 3.86. The predicted octanol–water partition coefficient (Wildman–Crippen LogP) is 0.958. The zero-order valence-corrected chi connectivity index (χ0v) is 11.9. The second-order valence-corrected chi connectivity index (χ2v) is 5.47. The van der Waals surface area contributed by atoms with Crippen molar-refractivity contribution in [3.63, 3.8) is 0 Å². The molecule has 110 valence electrons. The van der Waals surface area contributed by atoms with Crippen LogP contribution < -0.4 is 10.6 Å². The molecule has 5 nitrogen and oxygen atoms in total. The fourth-order valence-electron chi connectivity index (χ4n) is 2.73. The Bertz CT molecular complexity index is 299. The summed E-state index contributed by atoms with van der Waals surface area (Å²) in [5, 5.41) is 14.7. The first-order valence-corrected chi connectivity index (χ1v) is 7.19. The first-order valence-electron chi connectivity index (χ1n) is 7.19. The molecular formula is C14H26N2O3. The molecule has 0 heterocycles. The van der Waals surface area contributed by atoms with Crippen molar-refractivity contribution >= 4 is 11.8 Å². The lowest BCUT2D eigenvalue weighted by Gasteiger charge is -2.25. The van der Waals surface area contributed by atoms with Gasteiger partial charge in [-0.25, -0.2) is 0 Å². The third-order valence-corrected chi connectivity index (χ3v) is 3.86. The summed E-state index contributed by atoms with van der Waals surface area (Å²) in [5.74, 6) is 0.356. The first-order chi connectivity index (χ1) is 9.02. The lowest BCUT2D eigenvalue weighted by Crippen LogP contribution is -2.44. The van der Waals surface area contributed by atoms with Crippen molar-refractivity contribution in [1.82, 2.24) is 10.6 Å². The molecule has 2 amide bonds. The Kier molecular flexibility index (Phi) is 6.84. The Morgan fingerprint density at radius 1 is 1.26 bits per heavy atom. The van der Waals surface area contributed by atoms with Crippen LogP contribution in [0.5, 0.6) is 0 Å². The molecule has 1 aliphatic carbocycles. The summed E-state index contributed by atoms with van der Waals surface area (Å²) in [6.45, 7) is 1.43. The predicted molar refractivity (Wildman–Crippen MR) is 73.5 cm³/mol. The number of carbonyl (C=O) groups is 2. The molecule has 5 heteroatoms. The zero-order chi connectivity index (χ0) is 14.3. The summed E-state index contributed by atoms with van der Waals surface area (Å²) in [6, 6.07) is -0.420. The molecule has 0 saturated heterocycles. The molecule has 0 aromatic rings. The molecule has 1 unspecified atom stereocenters. The van der Waals surface area contributed by atoms with Crippen LogP contribution in [0.3, 0.4) is 0 Å². The average molecular weight is 270 g/mol. The molecule has 0 aromatic heterocycles. The van der Waals surface area contributed by atoms with Crippen molar-refractivity contribution < 1.29 is 14.7 Å². The quantitative estimate of drug-likeness (QED) is 0.672. The molecule has 0 spiro atoms. The Labute approximate surface area is 115 Å². The number of aliphatic hydroxyl groups excluding tert-OH is 1. The molecule has 0 aromatic carbocycles. The standard InChI is InChI=1S/C14H26N2O3/c1-10(17)16-13(14(19)15-2)5-3-4-11-6-8-12(18)9-7-11/h11-13,18H,3-9H2,1-2H3,(H,15,19)(H,16,17). The van der Waals surface area contributed by atoms with Crippen LogP contribution in [0.4, 0.5) is 0 Å². The van der Waals surface area contributed by atoms with Crippen molar-refractivity contribution in [2.24, 2.45) is 5.92 Å². The molecule has 1 fully saturated rings. The lowest BCUT2D eigenvalue weighted by atomic mass is 9.84. The van der Waals surface area contributed by atoms with E-state index in [-0.39, 0.29) is 17.9 Å². The molecule has 0 aliphatic heterocycles. The van der Waals surface area contributed by atoms with Crippen LogP contribution in [0, 0.1) is 5.92 Å². The van der Waals surface area contributed by atoms with Crippen LogP contribution in [0.25, 0.3) is 0 Å². The Morgan fingerprint density at radius 3 is 2.42 bits per heavy atom. The van der Waals surface area contributed by atoms with Crippen LogP contribution in [0.1, 0.15) is 51.9 Å². The number of hydrogen-bond acceptors (Lipinski definition) is 3. The van der Waals surface area contributed by atoms with Crippen LogP contribution in [0.15, 0.2) is 0 Å². The highest BCUT2D eigenvalue weighted by atomic mass is 16.3. The van der Waals surface area contributed by atoms with E-state index in [2.05, 4.69) is 10.6 Å². The molecule has 1 aliphatic rings. The van der Waals surface area contributed by atoms with Crippen molar-refractivity contribution in [2.45, 2.75) is 64.0 Å². The van der Waals surface area contributed by atoms with Crippen molar-refractivity contribution in [1.29, 1.82) is 0 Å². The molecular weight excluding hydrogens is 244 g/mol. The molecule has 0 bridgehead atoms. The first kappa shape index (κ1) is 16.0. The highest BCUT2D eigenvalue weighted by Gasteiger charge is 2.21. The Morgan fingerprint density at radius 2 is 1.89 bits per heavy atom. The van der Waals surface area contributed by atoms with Crippen LogP contribution >= 0.6 is 0 Å². The summed E-state index contributed by atoms with van der Waals surface area (Å²) in [5.41, 5.74) is 0. The van der Waals surface area contributed by atoms with E-state index in [1.165, 1.54) is 6.92 Å². The van der Waals surface area contributed by atoms with E-state index < -0.39 is 6.04 Å². The van der Waals surface area contributed by atoms with Gasteiger partial charge in [-0.05, 0) is 38.0 Å². The number of hydrogen-bond donors (Lipinski definition) is 3. The lowest BCUT2D eigenvalue weighted by molar-refractivity contribution is -0.127. The third kappa shape index (κ3) is 6.05. The average Bonchev–Trinajstić information content (AvgIpc) is 2.38. The second-order valence-electron chi connectivity index (χ2n) is 5.47. The largest absolute Gasteiger partial charge is 0.393 e. The number of nitrogens with one attached hydrogen (secondary N) is 2. The van der Waals surface area contributed by atoms with Gasteiger partial charge < -0.3 is 15.7 Å². The highest BCUT2D eigenvalue weighted by molar-refractivity contribution is 5.86. The fraction of sp³-hybridized carbons (Fsp3) is 0.857. The molecule has 0 radical (unpaired) electrons. The smallest absolute Gasteiger partial charge is 0.242 e. The SMILES string of the molecule is CNC(=O)C(CCCC1CCC(O)CC1)NC(C)=O. The summed E-state index contributed by atoms with van der Waals surface area (Å²) in [6.07, 6.45) is 6.51. The normalized spacial score (nSPS) is 24.6. The number of amides is 2. The van der Waals surface area contributed by atoms with Gasteiger partial charge in [0.15, 0.2) is 0 Å². The van der Waals surface area contributed by atoms with Gasteiger partial charge in [-0.3, -0.25) is 9.59 Å². The maximum absolute atomic E-state index is 11.6. The minimum atomic E-state index is -0.420. The van der Waals surface area contributed by atoms with Gasteiger partial charge in [0.05, 0.1) is 6.10 Å². The summed E-state index contributed by atoms with van der Waals surface area (Å²) in [7, 11) is 1.58. The zero-order valence-electron chi connectivity index (χ0n) is 11.9. The van der Waals surface area contributed by atoms with Gasteiger partial charge in [0.2, 0.25) is 11.8 Å². The van der Waals surface area contributed by atoms with Crippen LogP contribution in [0.2, 0.25) is 0 Å². The van der Waals surface area contributed by atoms with Gasteiger partial charge >= 0.3 is 0 Å². The number of likely N-dealkylation sites (N-methyl/N-ethyl adjacent to an activating group) is 1. The number of aliphatic hydroxyl groups is 1. The Hall–Kier alpha value is -1.10. The molecule has 1 rings (SSSR count). The minimum Gasteiger partial charge on any atom is -0.393 e. The summed E-state index contributed by atoms with van der Waals surface area (Å²) >= 11 is 0. The molecule has 3 N–H and O–H groups in total. The minimum absolute atomic E-state index is 0.116. The van der Waals surface area contributed by atoms with Gasteiger partial charge in [0.25, 0.3) is 0 Å². The monoisotopic (exact) mass is 270 g/mol. The van der Waals surface area contributed by atoms with E-state index in [4.69, 9.17) is 0 Å². The van der Waals surface area contributed by atoms with Gasteiger partial charge in [-0.15, -0.1) is 0 Å². The second kappa shape index (κ2) is 8.15. The molecule has 1 saturated carbocycles. The number of rotatable bonds is 6. The summed E-state index contributed by atoms with van der Waals surface area (Å²) < 4.78 is 0. The van der Waals surface area contributed by atoms with E-state index in [0.29, 0.717) is 12.3 Å². The van der Waals surface area contributed by atoms with Gasteiger partial charge in [0, 0.05) is 14.0 Å². The maximum atomic E-state index is 11.6. The molecule has 19 heavy (non-hydrogen) atoms. The van der Waals surface area contributed by atoms with E-state index in [1.807, 2.05) is 0 Å². The van der Waals surface area contributed by atoms with Gasteiger partial charge in [-0.2, -0.15) is 0 Å². The van der Waals surface area contributed by atoms with E-state index in [1.54, 1.807) is 7.05 Å². The Balaban J connectivity index is 2.27. The van der Waals surface area contributed by atoms with Crippen molar-refractivity contribution in [3.05, 3.63) is 0 Å². The fourth-order valence-corrected chi connectivity index (χ4v) is 2.73. The highest BCUT2D eigenvalue weighted by Crippen LogP contribution is 2.28. The van der Waals surface area contributed by atoms with Gasteiger partial charge in [0.1, 0.15) is 6.04 Å². The van der Waals surface area contributed by atoms with E-state index in [9.17, 15) is 14.7 Å². The maximum Gasteiger partial charge on any atom is 0.242 e. The van der Waals surface area contributed by atoms with Crippen LogP contribution in [-0.2, 0) is 9.59 Å². The van der Waals surface area contributed by atoms with Gasteiger partial charge in [-0.1, -0.05) is 12.8 Å². The van der Waals surface area contributed by atoms with E-state index in [0.717, 1.165) is 38.5 Å².